The van der Waals surface area contributed by atoms with Crippen molar-refractivity contribution in [3.8, 4) is 0 Å². The Kier molecular flexibility index (Phi) is 3.89. The fraction of sp³-hybridized carbons (Fsp3) is 0.875. The predicted octanol–water partition coefficient (Wildman–Crippen LogP) is 5.37. The van der Waals surface area contributed by atoms with Crippen molar-refractivity contribution < 1.29 is 0 Å². The van der Waals surface area contributed by atoms with Crippen molar-refractivity contribution in [2.75, 3.05) is 0 Å². The van der Waals surface area contributed by atoms with Crippen LogP contribution in [0.25, 0.3) is 0 Å². The summed E-state index contributed by atoms with van der Waals surface area (Å²) >= 11 is 0. The zero-order valence-corrected chi connectivity index (χ0v) is 15.4. The molecule has 0 saturated carbocycles. The van der Waals surface area contributed by atoms with Crippen LogP contribution in [0.3, 0.4) is 0 Å². The summed E-state index contributed by atoms with van der Waals surface area (Å²) in [6, 6.07) is 1.57. The van der Waals surface area contributed by atoms with Crippen LogP contribution in [-0.2, 0) is 0 Å². The summed E-state index contributed by atoms with van der Waals surface area (Å²) in [5.74, 6) is 2.17. The van der Waals surface area contributed by atoms with Crippen LogP contribution in [0.15, 0.2) is 10.3 Å². The van der Waals surface area contributed by atoms with E-state index < -0.39 is 8.07 Å². The van der Waals surface area contributed by atoms with Crippen molar-refractivity contribution >= 4 is 23.6 Å². The molecule has 2 bridgehead atoms. The first kappa shape index (κ1) is 14.2. The second-order valence-corrected chi connectivity index (χ2v) is 16.0. The van der Waals surface area contributed by atoms with Crippen LogP contribution in [0.4, 0.5) is 0 Å². The van der Waals surface area contributed by atoms with Crippen LogP contribution < -0.4 is 0 Å². The molecule has 0 N–H and O–H groups in total. The van der Waals surface area contributed by atoms with E-state index in [0.29, 0.717) is 0 Å². The second-order valence-electron chi connectivity index (χ2n) is 8.19. The summed E-state index contributed by atoms with van der Waals surface area (Å²) in [6.45, 7) is 11.5. The molecule has 3 aliphatic rings. The van der Waals surface area contributed by atoms with Gasteiger partial charge in [0.1, 0.15) is 0 Å². The Bertz CT molecular complexity index is 364. The van der Waals surface area contributed by atoms with Gasteiger partial charge in [0.15, 0.2) is 6.71 Å². The number of hydrogen-bond acceptors (Lipinski definition) is 0. The van der Waals surface area contributed by atoms with Crippen LogP contribution in [0.1, 0.15) is 44.9 Å². The summed E-state index contributed by atoms with van der Waals surface area (Å²) in [4.78, 5) is 2.10. The van der Waals surface area contributed by atoms with Gasteiger partial charge in [-0.15, -0.1) is 10.3 Å². The number of hydrogen-bond donors (Lipinski definition) is 0. The van der Waals surface area contributed by atoms with Crippen molar-refractivity contribution in [3.05, 3.63) is 10.3 Å². The van der Waals surface area contributed by atoms with Crippen molar-refractivity contribution in [1.29, 1.82) is 0 Å². The Balaban J connectivity index is 1.97. The molecular formula is C16H30BSi2. The fourth-order valence-corrected chi connectivity index (χ4v) is 14.7. The number of allylic oxidation sites excluding steroid dienone is 1. The molecule has 0 aromatic rings. The summed E-state index contributed by atoms with van der Waals surface area (Å²) in [5, 5.41) is 0. The van der Waals surface area contributed by atoms with Gasteiger partial charge in [-0.1, -0.05) is 82.4 Å². The lowest BCUT2D eigenvalue weighted by Gasteiger charge is -2.42. The third kappa shape index (κ3) is 2.46. The van der Waals surface area contributed by atoms with Crippen LogP contribution in [-0.4, -0.2) is 23.6 Å². The molecule has 0 spiro atoms. The SMILES string of the molecule is C[Si](C)C1=C(B2C3CCCC2CCC3)CC[Si]1(C)C. The van der Waals surface area contributed by atoms with Crippen LogP contribution in [0, 0.1) is 0 Å². The summed E-state index contributed by atoms with van der Waals surface area (Å²) < 4.78 is 0. The van der Waals surface area contributed by atoms with Gasteiger partial charge in [-0.3, -0.25) is 0 Å². The summed E-state index contributed by atoms with van der Waals surface area (Å²) in [7, 11) is -1.21. The minimum Gasteiger partial charge on any atom is -0.109 e. The average Bonchev–Trinajstić information content (AvgIpc) is 2.63. The second kappa shape index (κ2) is 5.21. The molecule has 0 nitrogen and oxygen atoms in total. The Morgan fingerprint density at radius 3 is 2.00 bits per heavy atom. The van der Waals surface area contributed by atoms with Gasteiger partial charge in [0.2, 0.25) is 0 Å². The zero-order chi connectivity index (χ0) is 13.6. The van der Waals surface area contributed by atoms with Gasteiger partial charge in [0.05, 0.1) is 16.9 Å². The molecule has 105 valence electrons. The highest BCUT2D eigenvalue weighted by molar-refractivity contribution is 7.01. The molecule has 3 heteroatoms. The molecule has 3 heterocycles. The van der Waals surface area contributed by atoms with E-state index in [0.717, 1.165) is 18.3 Å². The lowest BCUT2D eigenvalue weighted by atomic mass is 9.24. The Hall–Kier alpha value is 0.239. The third-order valence-corrected chi connectivity index (χ3v) is 14.3. The maximum atomic E-state index is 2.66. The van der Waals surface area contributed by atoms with E-state index in [9.17, 15) is 0 Å². The minimum absolute atomic E-state index is 0.204. The van der Waals surface area contributed by atoms with Gasteiger partial charge < -0.3 is 0 Å². The highest BCUT2D eigenvalue weighted by Crippen LogP contribution is 2.52. The predicted molar refractivity (Wildman–Crippen MR) is 92.4 cm³/mol. The van der Waals surface area contributed by atoms with E-state index in [1.54, 1.807) is 31.7 Å². The van der Waals surface area contributed by atoms with E-state index in [2.05, 4.69) is 31.0 Å². The van der Waals surface area contributed by atoms with Gasteiger partial charge in [-0.2, -0.15) is 0 Å². The molecule has 3 rings (SSSR count). The normalized spacial score (nSPS) is 34.3. The number of fused-ring (bicyclic) bond motifs is 2. The maximum absolute atomic E-state index is 2.66. The average molecular weight is 289 g/mol. The fourth-order valence-electron chi connectivity index (χ4n) is 5.71. The van der Waals surface area contributed by atoms with E-state index in [4.69, 9.17) is 0 Å². The molecule has 0 unspecified atom stereocenters. The largest absolute Gasteiger partial charge is 0.175 e. The third-order valence-electron chi connectivity index (χ3n) is 6.23. The van der Waals surface area contributed by atoms with Gasteiger partial charge in [0, 0.05) is 0 Å². The lowest BCUT2D eigenvalue weighted by Crippen LogP contribution is -2.39. The molecule has 1 radical (unpaired) electrons. The van der Waals surface area contributed by atoms with Gasteiger partial charge in [-0.25, -0.2) is 0 Å². The standard InChI is InChI=1S/C16H30BSi2/c1-18(2)16-15(11-12-19(16,3)4)17-13-7-5-8-14(17)10-6-9-13/h13-14H,5-12H2,1-4H3. The highest BCUT2D eigenvalue weighted by Gasteiger charge is 2.46. The molecule has 2 fully saturated rings. The highest BCUT2D eigenvalue weighted by atomic mass is 28.4. The van der Waals surface area contributed by atoms with Crippen molar-refractivity contribution in [3.63, 3.8) is 0 Å². The quantitative estimate of drug-likeness (QED) is 0.599. The van der Waals surface area contributed by atoms with Crippen molar-refractivity contribution in [2.45, 2.75) is 88.8 Å². The molecule has 0 aliphatic carbocycles. The smallest absolute Gasteiger partial charge is 0.109 e. The van der Waals surface area contributed by atoms with E-state index in [-0.39, 0.29) is 8.80 Å². The maximum Gasteiger partial charge on any atom is 0.175 e. The first-order chi connectivity index (χ1) is 9.00. The molecule has 2 saturated heterocycles. The Labute approximate surface area is 123 Å². The van der Waals surface area contributed by atoms with Gasteiger partial charge in [0.25, 0.3) is 0 Å². The van der Waals surface area contributed by atoms with Crippen LogP contribution >= 0.6 is 0 Å². The number of rotatable bonds is 2. The molecule has 0 aromatic heterocycles. The summed E-state index contributed by atoms with van der Waals surface area (Å²) in [5.41, 5.74) is 2.05. The monoisotopic (exact) mass is 289 g/mol. The molecular weight excluding hydrogens is 259 g/mol. The van der Waals surface area contributed by atoms with Crippen LogP contribution in [0.2, 0.25) is 43.9 Å². The first-order valence-corrected chi connectivity index (χ1v) is 14.3. The first-order valence-electron chi connectivity index (χ1n) is 8.55. The van der Waals surface area contributed by atoms with Crippen molar-refractivity contribution in [2.24, 2.45) is 0 Å². The van der Waals surface area contributed by atoms with Crippen molar-refractivity contribution in [1.82, 2.24) is 0 Å². The van der Waals surface area contributed by atoms with Gasteiger partial charge in [-0.05, 0) is 6.42 Å². The Morgan fingerprint density at radius 1 is 1.00 bits per heavy atom. The molecule has 19 heavy (non-hydrogen) atoms. The Morgan fingerprint density at radius 2 is 1.53 bits per heavy atom. The molecule has 0 atom stereocenters. The minimum atomic E-state index is -1.00. The molecule has 3 aliphatic heterocycles. The van der Waals surface area contributed by atoms with Gasteiger partial charge >= 0.3 is 0 Å². The van der Waals surface area contributed by atoms with Crippen LogP contribution in [0.5, 0.6) is 0 Å². The topological polar surface area (TPSA) is 0 Å². The van der Waals surface area contributed by atoms with E-state index in [1.807, 2.05) is 5.47 Å². The molecule has 0 aromatic carbocycles. The van der Waals surface area contributed by atoms with E-state index >= 15 is 0 Å². The molecule has 0 amide bonds. The zero-order valence-electron chi connectivity index (χ0n) is 13.4. The summed E-state index contributed by atoms with van der Waals surface area (Å²) in [6.07, 6.45) is 10.8. The lowest BCUT2D eigenvalue weighted by molar-refractivity contribution is 0.445. The van der Waals surface area contributed by atoms with E-state index in [1.165, 1.54) is 19.3 Å².